The van der Waals surface area contributed by atoms with Crippen molar-refractivity contribution >= 4 is 6.09 Å². The fourth-order valence-electron chi connectivity index (χ4n) is 5.44. The van der Waals surface area contributed by atoms with Gasteiger partial charge in [-0.15, -0.1) is 0 Å². The number of carbonyl (C=O) groups excluding carboxylic acids is 1. The van der Waals surface area contributed by atoms with E-state index in [4.69, 9.17) is 9.47 Å². The molecule has 2 bridgehead atoms. The van der Waals surface area contributed by atoms with Gasteiger partial charge in [0.05, 0.1) is 18.8 Å². The van der Waals surface area contributed by atoms with Gasteiger partial charge < -0.3 is 14.8 Å². The molecule has 0 radical (unpaired) electrons. The quantitative estimate of drug-likeness (QED) is 0.695. The third-order valence-electron chi connectivity index (χ3n) is 7.67. The molecule has 2 aromatic carbocycles. The highest BCUT2D eigenvalue weighted by atomic mass is 16.6. The van der Waals surface area contributed by atoms with Crippen LogP contribution in [-0.4, -0.2) is 67.9 Å². The minimum absolute atomic E-state index is 0.0203. The van der Waals surface area contributed by atoms with Gasteiger partial charge in [0, 0.05) is 26.2 Å². The molecule has 4 aliphatic rings. The number of nitrogens with zero attached hydrogens (tertiary/aromatic N) is 2. The van der Waals surface area contributed by atoms with Gasteiger partial charge in [0.2, 0.25) is 0 Å². The first-order valence-electron chi connectivity index (χ1n) is 12.7. The van der Waals surface area contributed by atoms with E-state index < -0.39 is 5.54 Å². The number of piperidine rings is 3. The number of hydrogen-bond acceptors (Lipinski definition) is 5. The molecule has 1 unspecified atom stereocenters. The van der Waals surface area contributed by atoms with Crippen LogP contribution in [0.4, 0.5) is 4.79 Å². The number of morpholine rings is 1. The molecule has 0 saturated carbocycles. The number of carbonyl (C=O) groups is 1. The summed E-state index contributed by atoms with van der Waals surface area (Å²) >= 11 is 0. The standard InChI is InChI=1S/C28H37N3O3/c1-28(2,29-27(32)34-26-20-30-13-11-24(26)12-14-30)25-9-7-23(8-10-25)22-5-3-21(4-6-22)19-31-15-17-33-18-16-31/h3-10,24,26H,11-20H2,1-2H3,(H,29,32). The maximum Gasteiger partial charge on any atom is 0.408 e. The van der Waals surface area contributed by atoms with E-state index in [0.29, 0.717) is 5.92 Å². The van der Waals surface area contributed by atoms with E-state index in [1.807, 2.05) is 13.8 Å². The number of rotatable bonds is 6. The Kier molecular flexibility index (Phi) is 6.91. The number of benzene rings is 2. The molecule has 1 amide bonds. The predicted octanol–water partition coefficient (Wildman–Crippen LogP) is 4.24. The molecular weight excluding hydrogens is 426 g/mol. The lowest BCUT2D eigenvalue weighted by molar-refractivity contribution is -0.0349. The molecule has 6 rings (SSSR count). The lowest BCUT2D eigenvalue weighted by Gasteiger charge is -2.44. The van der Waals surface area contributed by atoms with E-state index >= 15 is 0 Å². The number of nitrogens with one attached hydrogen (secondary N) is 1. The van der Waals surface area contributed by atoms with Crippen molar-refractivity contribution in [2.75, 3.05) is 45.9 Å². The zero-order valence-electron chi connectivity index (χ0n) is 20.5. The van der Waals surface area contributed by atoms with Crippen molar-refractivity contribution in [3.05, 3.63) is 59.7 Å². The lowest BCUT2D eigenvalue weighted by atomic mass is 9.86. The van der Waals surface area contributed by atoms with Crippen molar-refractivity contribution in [2.24, 2.45) is 5.92 Å². The van der Waals surface area contributed by atoms with Crippen LogP contribution in [0.15, 0.2) is 48.5 Å². The van der Waals surface area contributed by atoms with Crippen LogP contribution in [-0.2, 0) is 21.6 Å². The van der Waals surface area contributed by atoms with E-state index in [2.05, 4.69) is 63.6 Å². The fourth-order valence-corrected chi connectivity index (χ4v) is 5.44. The van der Waals surface area contributed by atoms with Crippen LogP contribution in [0.25, 0.3) is 11.1 Å². The van der Waals surface area contributed by atoms with Gasteiger partial charge in [0.15, 0.2) is 0 Å². The molecule has 4 saturated heterocycles. The summed E-state index contributed by atoms with van der Waals surface area (Å²) in [6.07, 6.45) is 1.98. The van der Waals surface area contributed by atoms with Crippen LogP contribution in [0.1, 0.15) is 37.8 Å². The molecule has 4 heterocycles. The molecular formula is C28H37N3O3. The van der Waals surface area contributed by atoms with Crippen LogP contribution in [0.3, 0.4) is 0 Å². The Morgan fingerprint density at radius 3 is 2.18 bits per heavy atom. The number of fused-ring (bicyclic) bond motifs is 3. The SMILES string of the molecule is CC(C)(NC(=O)OC1CN2CCC1CC2)c1ccc(-c2ccc(CN3CCOCC3)cc2)cc1. The summed E-state index contributed by atoms with van der Waals surface area (Å²) in [5.41, 5.74) is 4.25. The van der Waals surface area contributed by atoms with Crippen molar-refractivity contribution in [3.8, 4) is 11.1 Å². The molecule has 0 spiro atoms. The van der Waals surface area contributed by atoms with Gasteiger partial charge in [-0.1, -0.05) is 48.5 Å². The Balaban J connectivity index is 1.17. The topological polar surface area (TPSA) is 54.0 Å². The zero-order chi connectivity index (χ0) is 23.5. The minimum Gasteiger partial charge on any atom is -0.445 e. The van der Waals surface area contributed by atoms with Gasteiger partial charge in [0.1, 0.15) is 6.10 Å². The molecule has 6 heteroatoms. The first kappa shape index (κ1) is 23.3. The highest BCUT2D eigenvalue weighted by molar-refractivity contribution is 5.69. The summed E-state index contributed by atoms with van der Waals surface area (Å²) < 4.78 is 11.3. The molecule has 4 fully saturated rings. The maximum atomic E-state index is 12.7. The minimum atomic E-state index is -0.508. The van der Waals surface area contributed by atoms with Crippen molar-refractivity contribution in [1.29, 1.82) is 0 Å². The van der Waals surface area contributed by atoms with Crippen LogP contribution < -0.4 is 5.32 Å². The lowest BCUT2D eigenvalue weighted by Crippen LogP contribution is -2.53. The highest BCUT2D eigenvalue weighted by Gasteiger charge is 2.37. The van der Waals surface area contributed by atoms with Gasteiger partial charge in [-0.3, -0.25) is 9.80 Å². The second-order valence-electron chi connectivity index (χ2n) is 10.5. The zero-order valence-corrected chi connectivity index (χ0v) is 20.5. The number of hydrogen-bond donors (Lipinski definition) is 1. The van der Waals surface area contributed by atoms with Crippen molar-refractivity contribution in [2.45, 2.75) is 44.9 Å². The van der Waals surface area contributed by atoms with Gasteiger partial charge in [0.25, 0.3) is 0 Å². The Hall–Kier alpha value is -2.41. The molecule has 2 aromatic rings. The number of alkyl carbamates (subject to hydrolysis) is 1. The summed E-state index contributed by atoms with van der Waals surface area (Å²) in [7, 11) is 0. The summed E-state index contributed by atoms with van der Waals surface area (Å²) in [6.45, 7) is 11.8. The van der Waals surface area contributed by atoms with Crippen LogP contribution in [0.2, 0.25) is 0 Å². The van der Waals surface area contributed by atoms with E-state index in [9.17, 15) is 4.79 Å². The van der Waals surface area contributed by atoms with E-state index in [1.165, 1.54) is 16.7 Å². The summed E-state index contributed by atoms with van der Waals surface area (Å²) in [6, 6.07) is 17.3. The van der Waals surface area contributed by atoms with Gasteiger partial charge in [-0.25, -0.2) is 4.79 Å². The van der Waals surface area contributed by atoms with E-state index in [-0.39, 0.29) is 12.2 Å². The molecule has 1 atom stereocenters. The number of amides is 1. The van der Waals surface area contributed by atoms with Crippen LogP contribution >= 0.6 is 0 Å². The molecule has 4 aliphatic heterocycles. The Bertz CT molecular complexity index is 959. The average molecular weight is 464 g/mol. The molecule has 0 aliphatic carbocycles. The molecule has 1 N–H and O–H groups in total. The second kappa shape index (κ2) is 10.1. The summed E-state index contributed by atoms with van der Waals surface area (Å²) in [5, 5.41) is 3.09. The third-order valence-corrected chi connectivity index (χ3v) is 7.67. The average Bonchev–Trinajstić information content (AvgIpc) is 2.86. The first-order valence-corrected chi connectivity index (χ1v) is 12.7. The van der Waals surface area contributed by atoms with Crippen LogP contribution in [0, 0.1) is 5.92 Å². The van der Waals surface area contributed by atoms with Gasteiger partial charge in [-0.05, 0) is 68.0 Å². The first-order chi connectivity index (χ1) is 16.5. The maximum absolute atomic E-state index is 12.7. The largest absolute Gasteiger partial charge is 0.445 e. The molecule has 0 aromatic heterocycles. The van der Waals surface area contributed by atoms with Crippen molar-refractivity contribution < 1.29 is 14.3 Å². The van der Waals surface area contributed by atoms with Gasteiger partial charge in [-0.2, -0.15) is 0 Å². The molecule has 6 nitrogen and oxygen atoms in total. The van der Waals surface area contributed by atoms with E-state index in [1.54, 1.807) is 0 Å². The highest BCUT2D eigenvalue weighted by Crippen LogP contribution is 2.30. The number of ether oxygens (including phenoxy) is 2. The third kappa shape index (κ3) is 5.45. The Morgan fingerprint density at radius 1 is 0.971 bits per heavy atom. The Labute approximate surface area is 203 Å². The summed E-state index contributed by atoms with van der Waals surface area (Å²) in [4.78, 5) is 17.5. The van der Waals surface area contributed by atoms with Gasteiger partial charge >= 0.3 is 6.09 Å². The smallest absolute Gasteiger partial charge is 0.408 e. The summed E-state index contributed by atoms with van der Waals surface area (Å²) in [5.74, 6) is 0.512. The Morgan fingerprint density at radius 2 is 1.59 bits per heavy atom. The van der Waals surface area contributed by atoms with Crippen molar-refractivity contribution in [3.63, 3.8) is 0 Å². The monoisotopic (exact) mass is 463 g/mol. The van der Waals surface area contributed by atoms with Crippen molar-refractivity contribution in [1.82, 2.24) is 15.1 Å². The van der Waals surface area contributed by atoms with Crippen LogP contribution in [0.5, 0.6) is 0 Å². The molecule has 34 heavy (non-hydrogen) atoms. The molecule has 182 valence electrons. The fraction of sp³-hybridized carbons (Fsp3) is 0.536. The normalized spacial score (nSPS) is 25.2. The van der Waals surface area contributed by atoms with E-state index in [0.717, 1.165) is 70.9 Å². The predicted molar refractivity (Wildman–Crippen MR) is 134 cm³/mol. The second-order valence-corrected chi connectivity index (χ2v) is 10.5.